The van der Waals surface area contributed by atoms with Crippen LogP contribution in [0.15, 0.2) is 179 Å². The summed E-state index contributed by atoms with van der Waals surface area (Å²) in [4.78, 5) is 7.32. The topological polar surface area (TPSA) is 42.4 Å². The van der Waals surface area contributed by atoms with Crippen LogP contribution in [-0.2, 0) is 0 Å². The summed E-state index contributed by atoms with van der Waals surface area (Å²) >= 11 is 0. The van der Waals surface area contributed by atoms with Crippen LogP contribution in [-0.4, -0.2) is 4.98 Å². The summed E-state index contributed by atoms with van der Waals surface area (Å²) in [7, 11) is 0. The Morgan fingerprint density at radius 3 is 1.81 bits per heavy atom. The molecule has 7 aromatic carbocycles. The fraction of sp³-hybridized carbons (Fsp3) is 0. The van der Waals surface area contributed by atoms with Crippen molar-refractivity contribution in [3.63, 3.8) is 0 Å². The first-order chi connectivity index (χ1) is 23.3. The summed E-state index contributed by atoms with van der Waals surface area (Å²) in [5.74, 6) is 0.564. The Morgan fingerprint density at radius 2 is 1.06 bits per heavy atom. The molecule has 0 unspecified atom stereocenters. The number of hydrogen-bond acceptors (Lipinski definition) is 4. The number of furan rings is 1. The standard InChI is InChI=1S/C43H28N2O2/c1-4-14-29(15-5-1)30-24-26-33(27-25-30)45(37-22-12-10-20-34(37)31-16-6-2-7-17-31)41-40-35-21-11-13-23-38(35)46-39(40)28-36-42(41)47-43(44-36)32-18-8-3-9-19-32/h1-28H. The lowest BCUT2D eigenvalue weighted by Gasteiger charge is -2.28. The number of para-hydroxylation sites is 2. The van der Waals surface area contributed by atoms with Crippen LogP contribution in [0.5, 0.6) is 0 Å². The summed E-state index contributed by atoms with van der Waals surface area (Å²) in [6.07, 6.45) is 0. The number of hydrogen-bond donors (Lipinski definition) is 0. The number of oxazole rings is 1. The van der Waals surface area contributed by atoms with Gasteiger partial charge in [-0.15, -0.1) is 0 Å². The number of benzene rings is 7. The minimum Gasteiger partial charge on any atom is -0.456 e. The van der Waals surface area contributed by atoms with E-state index < -0.39 is 0 Å². The lowest BCUT2D eigenvalue weighted by atomic mass is 10.00. The van der Waals surface area contributed by atoms with E-state index in [9.17, 15) is 0 Å². The SMILES string of the molecule is c1ccc(-c2ccc(N(c3ccccc3-c3ccccc3)c3c4oc(-c5ccccc5)nc4cc4oc5ccccc5c34)cc2)cc1. The molecule has 9 aromatic rings. The van der Waals surface area contributed by atoms with Crippen molar-refractivity contribution in [2.45, 2.75) is 0 Å². The van der Waals surface area contributed by atoms with Crippen molar-refractivity contribution < 1.29 is 8.83 Å². The van der Waals surface area contributed by atoms with Gasteiger partial charge in [0.15, 0.2) is 5.58 Å². The summed E-state index contributed by atoms with van der Waals surface area (Å²) in [5.41, 5.74) is 11.3. The van der Waals surface area contributed by atoms with Crippen molar-refractivity contribution in [1.82, 2.24) is 4.98 Å². The molecule has 0 atom stereocenters. The smallest absolute Gasteiger partial charge is 0.227 e. The minimum atomic E-state index is 0.564. The molecule has 2 aromatic heterocycles. The van der Waals surface area contributed by atoms with Crippen LogP contribution in [0.3, 0.4) is 0 Å². The number of nitrogens with zero attached hydrogens (tertiary/aromatic N) is 2. The Balaban J connectivity index is 1.38. The average Bonchev–Trinajstić information content (AvgIpc) is 3.75. The maximum Gasteiger partial charge on any atom is 0.227 e. The van der Waals surface area contributed by atoms with Gasteiger partial charge < -0.3 is 13.7 Å². The van der Waals surface area contributed by atoms with Gasteiger partial charge in [0.1, 0.15) is 22.4 Å². The molecule has 0 aliphatic rings. The quantitative estimate of drug-likeness (QED) is 0.189. The fourth-order valence-electron chi connectivity index (χ4n) is 6.52. The zero-order chi connectivity index (χ0) is 31.2. The molecule has 0 aliphatic heterocycles. The van der Waals surface area contributed by atoms with Crippen LogP contribution in [0.4, 0.5) is 17.1 Å². The van der Waals surface area contributed by atoms with Crippen LogP contribution >= 0.6 is 0 Å². The Morgan fingerprint density at radius 1 is 0.468 bits per heavy atom. The summed E-state index contributed by atoms with van der Waals surface area (Å²) in [6.45, 7) is 0. The number of aromatic nitrogens is 1. The maximum absolute atomic E-state index is 6.78. The maximum atomic E-state index is 6.78. The highest BCUT2D eigenvalue weighted by Gasteiger charge is 2.27. The Hall–Kier alpha value is -6.39. The highest BCUT2D eigenvalue weighted by atomic mass is 16.4. The van der Waals surface area contributed by atoms with Crippen molar-refractivity contribution >= 4 is 50.1 Å². The lowest BCUT2D eigenvalue weighted by Crippen LogP contribution is -2.12. The molecule has 0 saturated carbocycles. The normalized spacial score (nSPS) is 11.4. The van der Waals surface area contributed by atoms with E-state index in [1.165, 1.54) is 5.56 Å². The predicted octanol–water partition coefficient (Wildman–Crippen LogP) is 12.2. The molecule has 4 nitrogen and oxygen atoms in total. The number of anilines is 3. The molecule has 0 bridgehead atoms. The monoisotopic (exact) mass is 604 g/mol. The molecule has 0 spiro atoms. The van der Waals surface area contributed by atoms with Crippen LogP contribution in [0.1, 0.15) is 0 Å². The molecule has 4 heteroatoms. The van der Waals surface area contributed by atoms with Crippen molar-refractivity contribution in [2.24, 2.45) is 0 Å². The van der Waals surface area contributed by atoms with Crippen LogP contribution in [0, 0.1) is 0 Å². The molecular weight excluding hydrogens is 576 g/mol. The molecule has 2 heterocycles. The Labute approximate surface area is 271 Å². The average molecular weight is 605 g/mol. The lowest BCUT2D eigenvalue weighted by molar-refractivity contribution is 0.620. The molecule has 0 aliphatic carbocycles. The third kappa shape index (κ3) is 4.66. The number of fused-ring (bicyclic) bond motifs is 4. The van der Waals surface area contributed by atoms with Gasteiger partial charge in [-0.1, -0.05) is 127 Å². The molecule has 0 radical (unpaired) electrons. The summed E-state index contributed by atoms with van der Waals surface area (Å²) < 4.78 is 13.3. The van der Waals surface area contributed by atoms with Crippen LogP contribution < -0.4 is 4.90 Å². The van der Waals surface area contributed by atoms with E-state index in [0.717, 1.165) is 66.8 Å². The van der Waals surface area contributed by atoms with Crippen LogP contribution in [0.2, 0.25) is 0 Å². The zero-order valence-corrected chi connectivity index (χ0v) is 25.4. The van der Waals surface area contributed by atoms with E-state index in [4.69, 9.17) is 13.8 Å². The highest BCUT2D eigenvalue weighted by Crippen LogP contribution is 2.50. The Kier molecular flexibility index (Phi) is 6.43. The second kappa shape index (κ2) is 11.2. The van der Waals surface area contributed by atoms with E-state index >= 15 is 0 Å². The highest BCUT2D eigenvalue weighted by molar-refractivity contribution is 6.20. The summed E-state index contributed by atoms with van der Waals surface area (Å²) in [5, 5.41) is 1.99. The molecule has 9 rings (SSSR count). The van der Waals surface area contributed by atoms with E-state index in [1.807, 2.05) is 60.7 Å². The minimum absolute atomic E-state index is 0.564. The van der Waals surface area contributed by atoms with E-state index in [1.54, 1.807) is 0 Å². The van der Waals surface area contributed by atoms with Crippen molar-refractivity contribution in [3.05, 3.63) is 170 Å². The van der Waals surface area contributed by atoms with Gasteiger partial charge in [-0.2, -0.15) is 0 Å². The van der Waals surface area contributed by atoms with Gasteiger partial charge in [0.05, 0.1) is 11.1 Å². The summed E-state index contributed by atoms with van der Waals surface area (Å²) in [6, 6.07) is 58.5. The second-order valence-corrected chi connectivity index (χ2v) is 11.6. The predicted molar refractivity (Wildman–Crippen MR) is 192 cm³/mol. The molecule has 0 N–H and O–H groups in total. The van der Waals surface area contributed by atoms with Gasteiger partial charge in [0, 0.05) is 28.3 Å². The van der Waals surface area contributed by atoms with Crippen molar-refractivity contribution in [1.29, 1.82) is 0 Å². The van der Waals surface area contributed by atoms with Gasteiger partial charge >= 0.3 is 0 Å². The van der Waals surface area contributed by atoms with Gasteiger partial charge in [-0.25, -0.2) is 4.98 Å². The van der Waals surface area contributed by atoms with E-state index in [0.29, 0.717) is 11.5 Å². The third-order valence-electron chi connectivity index (χ3n) is 8.70. The van der Waals surface area contributed by atoms with Crippen molar-refractivity contribution in [2.75, 3.05) is 4.90 Å². The van der Waals surface area contributed by atoms with Gasteiger partial charge in [-0.05, 0) is 53.1 Å². The fourth-order valence-corrected chi connectivity index (χ4v) is 6.52. The van der Waals surface area contributed by atoms with Gasteiger partial charge in [0.25, 0.3) is 0 Å². The first kappa shape index (κ1) is 27.0. The van der Waals surface area contributed by atoms with Gasteiger partial charge in [-0.3, -0.25) is 0 Å². The van der Waals surface area contributed by atoms with Crippen molar-refractivity contribution in [3.8, 4) is 33.7 Å². The second-order valence-electron chi connectivity index (χ2n) is 11.6. The first-order valence-corrected chi connectivity index (χ1v) is 15.7. The Bertz CT molecular complexity index is 2500. The first-order valence-electron chi connectivity index (χ1n) is 15.7. The molecule has 0 saturated heterocycles. The van der Waals surface area contributed by atoms with Crippen LogP contribution in [0.25, 0.3) is 66.7 Å². The molecule has 47 heavy (non-hydrogen) atoms. The molecule has 0 amide bonds. The molecular formula is C43H28N2O2. The van der Waals surface area contributed by atoms with E-state index in [2.05, 4.69) is 114 Å². The molecule has 0 fully saturated rings. The molecule has 222 valence electrons. The number of rotatable bonds is 6. The van der Waals surface area contributed by atoms with E-state index in [-0.39, 0.29) is 0 Å². The zero-order valence-electron chi connectivity index (χ0n) is 25.4. The van der Waals surface area contributed by atoms with Gasteiger partial charge in [0.2, 0.25) is 5.89 Å². The third-order valence-corrected chi connectivity index (χ3v) is 8.70. The largest absolute Gasteiger partial charge is 0.456 e.